The Labute approximate surface area is 228 Å². The molecule has 0 aromatic heterocycles. The molecular formula is C29H37FN6OS. The summed E-state index contributed by atoms with van der Waals surface area (Å²) in [6.45, 7) is 6.45. The van der Waals surface area contributed by atoms with Crippen molar-refractivity contribution in [1.82, 2.24) is 4.90 Å². The molecule has 2 saturated carbocycles. The molecule has 1 amide bonds. The Morgan fingerprint density at radius 3 is 2.82 bits per heavy atom. The van der Waals surface area contributed by atoms with Crippen LogP contribution in [0, 0.1) is 17.8 Å². The minimum absolute atomic E-state index is 0.229. The van der Waals surface area contributed by atoms with Gasteiger partial charge in [-0.1, -0.05) is 13.0 Å². The van der Waals surface area contributed by atoms with Crippen LogP contribution in [0.15, 0.2) is 52.4 Å². The average molecular weight is 537 g/mol. The lowest BCUT2D eigenvalue weighted by Crippen LogP contribution is -2.45. The van der Waals surface area contributed by atoms with Crippen LogP contribution in [0.5, 0.6) is 0 Å². The number of hydrogen-bond acceptors (Lipinski definition) is 7. The quantitative estimate of drug-likeness (QED) is 0.592. The minimum Gasteiger partial charge on any atom is -0.369 e. The number of nitrogens with one attached hydrogen (secondary N) is 1. The van der Waals surface area contributed by atoms with Gasteiger partial charge in [-0.15, -0.1) is 0 Å². The first-order chi connectivity index (χ1) is 18.4. The zero-order valence-electron chi connectivity index (χ0n) is 22.1. The normalized spacial score (nSPS) is 34.2. The van der Waals surface area contributed by atoms with E-state index in [1.165, 1.54) is 17.5 Å². The maximum Gasteiger partial charge on any atom is 0.222 e. The number of aliphatic imine (C=N–C) groups is 2. The number of amidine groups is 1. The molecule has 6 aliphatic rings. The second kappa shape index (κ2) is 10.5. The molecule has 4 heterocycles. The predicted octanol–water partition coefficient (Wildman–Crippen LogP) is 4.19. The lowest BCUT2D eigenvalue weighted by molar-refractivity contribution is -0.123. The molecule has 3 N–H and O–H groups in total. The molecule has 6 unspecified atom stereocenters. The van der Waals surface area contributed by atoms with Gasteiger partial charge in [-0.3, -0.25) is 9.79 Å². The highest BCUT2D eigenvalue weighted by Gasteiger charge is 2.55. The van der Waals surface area contributed by atoms with Gasteiger partial charge in [0.25, 0.3) is 0 Å². The number of nitrogens with two attached hydrogens (primary N) is 1. The fraction of sp³-hybridized carbons (Fsp3) is 0.552. The van der Waals surface area contributed by atoms with Crippen LogP contribution < -0.4 is 16.0 Å². The molecule has 1 aromatic carbocycles. The number of hydrogen-bond donors (Lipinski definition) is 2. The van der Waals surface area contributed by atoms with Crippen molar-refractivity contribution in [2.45, 2.75) is 43.4 Å². The van der Waals surface area contributed by atoms with Crippen LogP contribution in [0.4, 0.5) is 15.8 Å². The van der Waals surface area contributed by atoms with Crippen molar-refractivity contribution in [3.8, 4) is 0 Å². The molecule has 0 spiro atoms. The summed E-state index contributed by atoms with van der Waals surface area (Å²) in [5.41, 5.74) is 9.80. The Kier molecular flexibility index (Phi) is 7.07. The van der Waals surface area contributed by atoms with E-state index in [0.717, 1.165) is 50.5 Å². The third kappa shape index (κ3) is 4.91. The first-order valence-electron chi connectivity index (χ1n) is 13.8. The zero-order chi connectivity index (χ0) is 26.4. The molecule has 4 aliphatic heterocycles. The van der Waals surface area contributed by atoms with Crippen LogP contribution >= 0.6 is 11.8 Å². The molecule has 1 aromatic rings. The SMILES string of the molecule is CC1CSC2CC3CC2C(N=C2C/C=C\C(=NC=C2F)Nc2ccc(N4CCN(C)CC4)c1c2)C3C(N)=O. The van der Waals surface area contributed by atoms with Crippen molar-refractivity contribution < 1.29 is 9.18 Å². The van der Waals surface area contributed by atoms with Gasteiger partial charge in [0.1, 0.15) is 5.84 Å². The molecule has 9 heteroatoms. The van der Waals surface area contributed by atoms with Gasteiger partial charge in [-0.05, 0) is 67.5 Å². The topological polar surface area (TPSA) is 86.3 Å². The Bertz CT molecular complexity index is 1220. The molecule has 202 valence electrons. The summed E-state index contributed by atoms with van der Waals surface area (Å²) < 4.78 is 15.2. The number of anilines is 2. The van der Waals surface area contributed by atoms with Crippen molar-refractivity contribution in [1.29, 1.82) is 0 Å². The smallest absolute Gasteiger partial charge is 0.222 e. The maximum atomic E-state index is 15.2. The van der Waals surface area contributed by atoms with Crippen LogP contribution in [-0.2, 0) is 4.79 Å². The highest BCUT2D eigenvalue weighted by molar-refractivity contribution is 7.99. The number of benzene rings is 1. The van der Waals surface area contributed by atoms with E-state index < -0.39 is 5.83 Å². The Morgan fingerprint density at radius 1 is 1.21 bits per heavy atom. The lowest BCUT2D eigenvalue weighted by atomic mass is 9.83. The number of carbonyl (C=O) groups is 1. The van der Waals surface area contributed by atoms with Crippen molar-refractivity contribution in [2.75, 3.05) is 49.2 Å². The van der Waals surface area contributed by atoms with E-state index in [0.29, 0.717) is 29.1 Å². The van der Waals surface area contributed by atoms with Gasteiger partial charge < -0.3 is 20.9 Å². The van der Waals surface area contributed by atoms with E-state index >= 15 is 4.39 Å². The van der Waals surface area contributed by atoms with Crippen molar-refractivity contribution >= 4 is 40.6 Å². The van der Waals surface area contributed by atoms with Gasteiger partial charge in [-0.2, -0.15) is 11.8 Å². The number of primary amides is 1. The summed E-state index contributed by atoms with van der Waals surface area (Å²) in [5, 5.41) is 3.80. The molecule has 0 radical (unpaired) electrons. The number of halogens is 1. The molecule has 6 atom stereocenters. The van der Waals surface area contributed by atoms with Crippen LogP contribution in [0.25, 0.3) is 0 Å². The number of amides is 1. The van der Waals surface area contributed by atoms with Crippen LogP contribution in [0.1, 0.15) is 37.7 Å². The molecule has 2 aliphatic carbocycles. The van der Waals surface area contributed by atoms with Gasteiger partial charge in [-0.25, -0.2) is 9.38 Å². The van der Waals surface area contributed by atoms with Crippen molar-refractivity contribution in [3.05, 3.63) is 47.9 Å². The largest absolute Gasteiger partial charge is 0.369 e. The third-order valence-electron chi connectivity index (χ3n) is 8.95. The molecule has 7 rings (SSSR count). The highest BCUT2D eigenvalue weighted by Crippen LogP contribution is 2.54. The first kappa shape index (κ1) is 25.6. The van der Waals surface area contributed by atoms with Crippen LogP contribution in [-0.4, -0.2) is 72.6 Å². The summed E-state index contributed by atoms with van der Waals surface area (Å²) in [6, 6.07) is 6.32. The fourth-order valence-corrected chi connectivity index (χ4v) is 8.51. The number of allylic oxidation sites excluding steroid dienone is 2. The lowest BCUT2D eigenvalue weighted by Gasteiger charge is -2.36. The summed E-state index contributed by atoms with van der Waals surface area (Å²) >= 11 is 2.00. The molecular weight excluding hydrogens is 499 g/mol. The van der Waals surface area contributed by atoms with Gasteiger partial charge >= 0.3 is 0 Å². The summed E-state index contributed by atoms with van der Waals surface area (Å²) in [6.07, 6.45) is 7.30. The highest BCUT2D eigenvalue weighted by atomic mass is 32.2. The molecule has 6 bridgehead atoms. The number of thioether (sulfide) groups is 1. The second-order valence-electron chi connectivity index (χ2n) is 11.4. The summed E-state index contributed by atoms with van der Waals surface area (Å²) in [4.78, 5) is 26.6. The van der Waals surface area contributed by atoms with Gasteiger partial charge in [0.15, 0.2) is 5.83 Å². The summed E-state index contributed by atoms with van der Waals surface area (Å²) in [5.74, 6) is 1.31. The number of likely N-dealkylation sites (N-methyl/N-ethyl adjacent to an activating group) is 1. The Morgan fingerprint density at radius 2 is 2.03 bits per heavy atom. The average Bonchev–Trinajstić information content (AvgIpc) is 3.47. The van der Waals surface area contributed by atoms with Crippen LogP contribution in [0.2, 0.25) is 0 Å². The van der Waals surface area contributed by atoms with Crippen molar-refractivity contribution in [3.63, 3.8) is 0 Å². The monoisotopic (exact) mass is 536 g/mol. The zero-order valence-corrected chi connectivity index (χ0v) is 23.0. The van der Waals surface area contributed by atoms with E-state index in [9.17, 15) is 4.79 Å². The fourth-order valence-electron chi connectivity index (χ4n) is 6.90. The predicted molar refractivity (Wildman–Crippen MR) is 155 cm³/mol. The van der Waals surface area contributed by atoms with Gasteiger partial charge in [0.2, 0.25) is 5.91 Å². The van der Waals surface area contributed by atoms with E-state index in [1.54, 1.807) is 0 Å². The first-order valence-corrected chi connectivity index (χ1v) is 14.8. The summed E-state index contributed by atoms with van der Waals surface area (Å²) in [7, 11) is 2.18. The standard InChI is InChI=1S/C29H37FN6OS/c1-17-16-38-25-13-18-12-21(25)28(27(18)29(31)37)34-23-4-3-5-26(32-15-22(23)30)33-19-6-7-24(20(17)14-19)36-10-8-35(2)9-11-36/h3,5-7,14-15,17-18,21,25,27-28H,4,8-13,16H2,1-2H3,(H2,31,37)(H,32,33)/b5-3-,22-15?,34-23?. The number of piperazine rings is 1. The molecule has 38 heavy (non-hydrogen) atoms. The Hall–Kier alpha value is -2.65. The van der Waals surface area contributed by atoms with E-state index in [2.05, 4.69) is 52.3 Å². The number of rotatable bonds is 2. The van der Waals surface area contributed by atoms with Gasteiger partial charge in [0, 0.05) is 55.0 Å². The molecule has 3 fully saturated rings. The van der Waals surface area contributed by atoms with E-state index in [4.69, 9.17) is 10.7 Å². The minimum atomic E-state index is -0.448. The second-order valence-corrected chi connectivity index (χ2v) is 12.7. The van der Waals surface area contributed by atoms with Crippen molar-refractivity contribution in [2.24, 2.45) is 33.5 Å². The van der Waals surface area contributed by atoms with E-state index in [-0.39, 0.29) is 29.7 Å². The Balaban J connectivity index is 1.39. The van der Waals surface area contributed by atoms with Gasteiger partial charge in [0.05, 0.1) is 23.9 Å². The van der Waals surface area contributed by atoms with Crippen LogP contribution in [0.3, 0.4) is 0 Å². The number of nitrogens with zero attached hydrogens (tertiary/aromatic N) is 4. The maximum absolute atomic E-state index is 15.2. The molecule has 1 saturated heterocycles. The number of carbonyl (C=O) groups excluding carboxylic acids is 1. The molecule has 7 nitrogen and oxygen atoms in total. The third-order valence-corrected chi connectivity index (χ3v) is 10.6. The van der Waals surface area contributed by atoms with E-state index in [1.807, 2.05) is 23.9 Å². The number of fused-ring (bicyclic) bond motifs is 5.